The Labute approximate surface area is 118 Å². The first kappa shape index (κ1) is 14.3. The highest BCUT2D eigenvalue weighted by Crippen LogP contribution is 2.16. The van der Waals surface area contributed by atoms with Crippen molar-refractivity contribution < 1.29 is 4.79 Å². The summed E-state index contributed by atoms with van der Waals surface area (Å²) in [6.07, 6.45) is 0.859. The zero-order valence-electron chi connectivity index (χ0n) is 12.2. The Morgan fingerprint density at radius 3 is 2.70 bits per heavy atom. The Balaban J connectivity index is 2.44. The van der Waals surface area contributed by atoms with E-state index in [1.165, 1.54) is 0 Å². The van der Waals surface area contributed by atoms with Crippen molar-refractivity contribution in [2.75, 3.05) is 5.32 Å². The number of anilines is 1. The molecule has 20 heavy (non-hydrogen) atoms. The van der Waals surface area contributed by atoms with Crippen LogP contribution in [0, 0.1) is 5.41 Å². The number of nitrogens with zero attached hydrogens (tertiary/aromatic N) is 1. The molecule has 0 spiro atoms. The third kappa shape index (κ3) is 2.90. The Kier molecular flexibility index (Phi) is 3.66. The van der Waals surface area contributed by atoms with Gasteiger partial charge in [-0.15, -0.1) is 0 Å². The van der Waals surface area contributed by atoms with Crippen LogP contribution in [0.15, 0.2) is 23.0 Å². The van der Waals surface area contributed by atoms with Gasteiger partial charge in [0.05, 0.1) is 10.9 Å². The molecule has 1 heterocycles. The van der Waals surface area contributed by atoms with Crippen molar-refractivity contribution in [2.45, 2.75) is 27.1 Å². The van der Waals surface area contributed by atoms with E-state index < -0.39 is 5.41 Å². The van der Waals surface area contributed by atoms with Gasteiger partial charge in [-0.3, -0.25) is 19.9 Å². The fourth-order valence-corrected chi connectivity index (χ4v) is 1.76. The molecule has 0 aliphatic heterocycles. The van der Waals surface area contributed by atoms with Crippen molar-refractivity contribution in [3.05, 3.63) is 34.1 Å². The molecule has 5 nitrogen and oxygen atoms in total. The maximum absolute atomic E-state index is 12.1. The van der Waals surface area contributed by atoms with Crippen molar-refractivity contribution in [2.24, 2.45) is 5.41 Å². The number of hydrogen-bond acceptors (Lipinski definition) is 3. The molecule has 2 N–H and O–H groups in total. The van der Waals surface area contributed by atoms with Crippen molar-refractivity contribution in [3.63, 3.8) is 0 Å². The molecule has 2 rings (SSSR count). The van der Waals surface area contributed by atoms with Gasteiger partial charge < -0.3 is 0 Å². The second-order valence-corrected chi connectivity index (χ2v) is 5.82. The number of rotatable bonds is 2. The number of carbonyl (C=O) groups excluding carboxylic acids is 1. The highest BCUT2D eigenvalue weighted by atomic mass is 16.2. The molecular formula is C14H18BN3O2. The molecule has 1 aromatic heterocycles. The topological polar surface area (TPSA) is 74.8 Å². The first-order valence-electron chi connectivity index (χ1n) is 6.65. The van der Waals surface area contributed by atoms with Gasteiger partial charge in [-0.25, -0.2) is 4.98 Å². The molecule has 0 saturated heterocycles. The number of nitrogens with one attached hydrogen (secondary N) is 2. The van der Waals surface area contributed by atoms with E-state index in [2.05, 4.69) is 15.3 Å². The standard InChI is InChI=1S/C14H18BN3O2/c1-14(2,3)12(20)18-13-16-10-5-4-8(7-15)6-9(10)11(19)17-13/h4-6H,7,15H2,1-3H3,(H2,16,17,18,19,20). The van der Waals surface area contributed by atoms with Gasteiger partial charge in [-0.05, 0) is 12.1 Å². The number of benzene rings is 1. The van der Waals surface area contributed by atoms with Crippen LogP contribution in [0.5, 0.6) is 0 Å². The lowest BCUT2D eigenvalue weighted by atomic mass is 9.96. The minimum Gasteiger partial charge on any atom is -0.296 e. The predicted octanol–water partition coefficient (Wildman–Crippen LogP) is 1.04. The lowest BCUT2D eigenvalue weighted by Gasteiger charge is -2.17. The predicted molar refractivity (Wildman–Crippen MR) is 82.7 cm³/mol. The van der Waals surface area contributed by atoms with Gasteiger partial charge in [0.1, 0.15) is 7.85 Å². The van der Waals surface area contributed by atoms with Gasteiger partial charge in [0.2, 0.25) is 11.9 Å². The molecule has 1 aromatic carbocycles. The smallest absolute Gasteiger partial charge is 0.260 e. The number of carbonyl (C=O) groups is 1. The molecule has 0 fully saturated rings. The van der Waals surface area contributed by atoms with Gasteiger partial charge in [0, 0.05) is 5.41 Å². The van der Waals surface area contributed by atoms with Crippen LogP contribution in [0.4, 0.5) is 5.95 Å². The number of fused-ring (bicyclic) bond motifs is 1. The van der Waals surface area contributed by atoms with E-state index in [-0.39, 0.29) is 17.4 Å². The summed E-state index contributed by atoms with van der Waals surface area (Å²) in [5.41, 5.74) is 0.875. The van der Waals surface area contributed by atoms with Crippen LogP contribution in [-0.4, -0.2) is 23.7 Å². The summed E-state index contributed by atoms with van der Waals surface area (Å²) in [6, 6.07) is 5.57. The van der Waals surface area contributed by atoms with E-state index in [1.807, 2.05) is 20.0 Å². The zero-order valence-corrected chi connectivity index (χ0v) is 12.2. The molecule has 0 bridgehead atoms. The normalized spacial score (nSPS) is 11.6. The second kappa shape index (κ2) is 5.11. The SMILES string of the molecule is BCc1ccc2nc(NC(=O)C(C)(C)C)[nH]c(=O)c2c1. The van der Waals surface area contributed by atoms with Crippen LogP contribution in [0.25, 0.3) is 10.9 Å². The molecular weight excluding hydrogens is 253 g/mol. The lowest BCUT2D eigenvalue weighted by Crippen LogP contribution is -2.29. The van der Waals surface area contributed by atoms with E-state index in [4.69, 9.17) is 0 Å². The van der Waals surface area contributed by atoms with E-state index in [0.29, 0.717) is 10.9 Å². The zero-order chi connectivity index (χ0) is 14.9. The van der Waals surface area contributed by atoms with Crippen molar-refractivity contribution in [3.8, 4) is 0 Å². The summed E-state index contributed by atoms with van der Waals surface area (Å²) in [4.78, 5) is 30.8. The van der Waals surface area contributed by atoms with E-state index in [9.17, 15) is 9.59 Å². The van der Waals surface area contributed by atoms with E-state index in [0.717, 1.165) is 11.9 Å². The highest BCUT2D eigenvalue weighted by Gasteiger charge is 2.22. The molecule has 1 amide bonds. The van der Waals surface area contributed by atoms with Crippen LogP contribution >= 0.6 is 0 Å². The molecule has 0 saturated carbocycles. The number of hydrogen-bond donors (Lipinski definition) is 2. The van der Waals surface area contributed by atoms with Gasteiger partial charge in [-0.1, -0.05) is 38.7 Å². The number of aromatic amines is 1. The summed E-state index contributed by atoms with van der Waals surface area (Å²) in [5, 5.41) is 3.18. The van der Waals surface area contributed by atoms with Crippen LogP contribution in [-0.2, 0) is 11.1 Å². The quantitative estimate of drug-likeness (QED) is 0.801. The maximum Gasteiger partial charge on any atom is 0.260 e. The third-order valence-electron chi connectivity index (χ3n) is 3.09. The van der Waals surface area contributed by atoms with E-state index in [1.54, 1.807) is 26.8 Å². The molecule has 104 valence electrons. The van der Waals surface area contributed by atoms with Crippen LogP contribution in [0.2, 0.25) is 0 Å². The van der Waals surface area contributed by atoms with Crippen LogP contribution < -0.4 is 10.9 Å². The van der Waals surface area contributed by atoms with Crippen molar-refractivity contribution >= 4 is 30.6 Å². The second-order valence-electron chi connectivity index (χ2n) is 5.82. The molecule has 6 heteroatoms. The molecule has 0 aliphatic rings. The molecule has 0 atom stereocenters. The average molecular weight is 271 g/mol. The van der Waals surface area contributed by atoms with Crippen molar-refractivity contribution in [1.29, 1.82) is 0 Å². The molecule has 2 aromatic rings. The first-order chi connectivity index (χ1) is 9.31. The summed E-state index contributed by atoms with van der Waals surface area (Å²) in [5.74, 6) is -0.00291. The number of amides is 1. The van der Waals surface area contributed by atoms with Crippen molar-refractivity contribution in [1.82, 2.24) is 9.97 Å². The fraction of sp³-hybridized carbons (Fsp3) is 0.357. The Morgan fingerprint density at radius 1 is 1.40 bits per heavy atom. The number of H-pyrrole nitrogens is 1. The Hall–Kier alpha value is -2.11. The maximum atomic E-state index is 12.1. The summed E-state index contributed by atoms with van der Waals surface area (Å²) >= 11 is 0. The van der Waals surface area contributed by atoms with Gasteiger partial charge in [0.25, 0.3) is 5.56 Å². The van der Waals surface area contributed by atoms with Gasteiger partial charge in [-0.2, -0.15) is 0 Å². The first-order valence-corrected chi connectivity index (χ1v) is 6.65. The molecule has 0 unspecified atom stereocenters. The molecule has 0 aliphatic carbocycles. The third-order valence-corrected chi connectivity index (χ3v) is 3.09. The minimum absolute atomic E-state index is 0.187. The highest BCUT2D eigenvalue weighted by molar-refractivity contribution is 6.08. The minimum atomic E-state index is -0.542. The summed E-state index contributed by atoms with van der Waals surface area (Å²) < 4.78 is 0. The average Bonchev–Trinajstić information content (AvgIpc) is 2.37. The van der Waals surface area contributed by atoms with Gasteiger partial charge >= 0.3 is 0 Å². The number of aromatic nitrogens is 2. The largest absolute Gasteiger partial charge is 0.296 e. The van der Waals surface area contributed by atoms with Crippen LogP contribution in [0.1, 0.15) is 26.3 Å². The Morgan fingerprint density at radius 2 is 2.10 bits per heavy atom. The fourth-order valence-electron chi connectivity index (χ4n) is 1.76. The lowest BCUT2D eigenvalue weighted by molar-refractivity contribution is -0.123. The van der Waals surface area contributed by atoms with E-state index >= 15 is 0 Å². The summed E-state index contributed by atoms with van der Waals surface area (Å²) in [6.45, 7) is 5.40. The summed E-state index contributed by atoms with van der Waals surface area (Å²) in [7, 11) is 2.03. The van der Waals surface area contributed by atoms with Gasteiger partial charge in [0.15, 0.2) is 0 Å². The Bertz CT molecular complexity index is 716. The monoisotopic (exact) mass is 271 g/mol. The van der Waals surface area contributed by atoms with Crippen LogP contribution in [0.3, 0.4) is 0 Å². The molecule has 0 radical (unpaired) electrons.